The predicted octanol–water partition coefficient (Wildman–Crippen LogP) is 2.89. The Hall–Kier alpha value is -3.61. The van der Waals surface area contributed by atoms with Gasteiger partial charge in [-0.2, -0.15) is 0 Å². The van der Waals surface area contributed by atoms with Crippen molar-refractivity contribution in [3.63, 3.8) is 0 Å². The van der Waals surface area contributed by atoms with Crippen LogP contribution in [0.15, 0.2) is 60.7 Å². The van der Waals surface area contributed by atoms with E-state index in [2.05, 4.69) is 5.32 Å². The van der Waals surface area contributed by atoms with Gasteiger partial charge in [0.05, 0.1) is 29.5 Å². The van der Waals surface area contributed by atoms with Gasteiger partial charge in [0, 0.05) is 45.4 Å². The van der Waals surface area contributed by atoms with Gasteiger partial charge < -0.3 is 26.6 Å². The van der Waals surface area contributed by atoms with Crippen molar-refractivity contribution in [3.8, 4) is 0 Å². The van der Waals surface area contributed by atoms with E-state index in [0.717, 1.165) is 11.1 Å². The van der Waals surface area contributed by atoms with Crippen LogP contribution in [0.5, 0.6) is 0 Å². The summed E-state index contributed by atoms with van der Waals surface area (Å²) in [5.41, 5.74) is 13.6. The number of sulfone groups is 1. The summed E-state index contributed by atoms with van der Waals surface area (Å²) in [5.74, 6) is -2.67. The van der Waals surface area contributed by atoms with Crippen molar-refractivity contribution in [3.05, 3.63) is 71.8 Å². The summed E-state index contributed by atoms with van der Waals surface area (Å²) in [6.07, 6.45) is 2.28. The summed E-state index contributed by atoms with van der Waals surface area (Å²) in [7, 11) is -1.49. The summed E-state index contributed by atoms with van der Waals surface area (Å²) in [6.45, 7) is 4.80. The summed E-state index contributed by atoms with van der Waals surface area (Å²) >= 11 is 0. The van der Waals surface area contributed by atoms with Crippen molar-refractivity contribution in [2.45, 2.75) is 70.9 Å². The van der Waals surface area contributed by atoms with Gasteiger partial charge >= 0.3 is 0 Å². The minimum absolute atomic E-state index is 0.0597. The minimum Gasteiger partial charge on any atom is -0.346 e. The topological polar surface area (TPSA) is 173 Å². The first-order valence-corrected chi connectivity index (χ1v) is 19.2. The molecule has 49 heavy (non-hydrogen) atoms. The second-order valence-electron chi connectivity index (χ2n) is 13.6. The SMILES string of the molecule is CC(C)C[C@@H](NC(=O)[C@H](CC(=O)N(C)C(CN)c1ccccc1)Cc1ccccc1)C(=O)C[C@H](CCCCN)C(=O)N1CCS(=O)(=O)CC1. The summed E-state index contributed by atoms with van der Waals surface area (Å²) in [4.78, 5) is 58.4. The van der Waals surface area contributed by atoms with Crippen molar-refractivity contribution in [2.24, 2.45) is 29.2 Å². The van der Waals surface area contributed by atoms with Crippen LogP contribution < -0.4 is 16.8 Å². The zero-order valence-corrected chi connectivity index (χ0v) is 30.1. The molecule has 1 unspecified atom stereocenters. The molecule has 3 rings (SSSR count). The number of carbonyl (C=O) groups excluding carboxylic acids is 4. The van der Waals surface area contributed by atoms with Gasteiger partial charge in [-0.15, -0.1) is 0 Å². The molecule has 12 heteroatoms. The Morgan fingerprint density at radius 1 is 0.878 bits per heavy atom. The van der Waals surface area contributed by atoms with Gasteiger partial charge in [0.25, 0.3) is 0 Å². The van der Waals surface area contributed by atoms with Crippen LogP contribution >= 0.6 is 0 Å². The second kappa shape index (κ2) is 19.5. The van der Waals surface area contributed by atoms with Crippen LogP contribution in [0, 0.1) is 17.8 Å². The van der Waals surface area contributed by atoms with Crippen LogP contribution in [0.2, 0.25) is 0 Å². The smallest absolute Gasteiger partial charge is 0.226 e. The van der Waals surface area contributed by atoms with Crippen molar-refractivity contribution < 1.29 is 27.6 Å². The fraction of sp³-hybridized carbons (Fsp3) is 0.568. The number of likely N-dealkylation sites (N-methyl/N-ethyl adjacent to an activating group) is 1. The minimum atomic E-state index is -3.18. The van der Waals surface area contributed by atoms with Crippen LogP contribution in [-0.2, 0) is 35.4 Å². The quantitative estimate of drug-likeness (QED) is 0.188. The number of amides is 3. The fourth-order valence-electron chi connectivity index (χ4n) is 6.33. The van der Waals surface area contributed by atoms with Crippen molar-refractivity contribution in [1.82, 2.24) is 15.1 Å². The molecule has 1 heterocycles. The fourth-order valence-corrected chi connectivity index (χ4v) is 7.53. The third-order valence-electron chi connectivity index (χ3n) is 9.26. The van der Waals surface area contributed by atoms with Crippen LogP contribution in [0.1, 0.15) is 69.5 Å². The molecule has 1 aliphatic rings. The number of nitrogens with zero attached hydrogens (tertiary/aromatic N) is 2. The lowest BCUT2D eigenvalue weighted by Crippen LogP contribution is -2.49. The highest BCUT2D eigenvalue weighted by molar-refractivity contribution is 7.91. The number of Topliss-reactive ketones (excluding diaryl/α,β-unsaturated/α-hetero) is 1. The largest absolute Gasteiger partial charge is 0.346 e. The van der Waals surface area contributed by atoms with Crippen LogP contribution in [0.25, 0.3) is 0 Å². The van der Waals surface area contributed by atoms with E-state index >= 15 is 0 Å². The highest BCUT2D eigenvalue weighted by Gasteiger charge is 2.34. The van der Waals surface area contributed by atoms with Gasteiger partial charge in [-0.1, -0.05) is 80.9 Å². The summed E-state index contributed by atoms with van der Waals surface area (Å²) in [5, 5.41) is 2.98. The van der Waals surface area contributed by atoms with E-state index in [1.807, 2.05) is 74.5 Å². The van der Waals surface area contributed by atoms with Gasteiger partial charge in [-0.3, -0.25) is 19.2 Å². The lowest BCUT2D eigenvalue weighted by Gasteiger charge is -2.31. The average molecular weight is 698 g/mol. The Morgan fingerprint density at radius 2 is 1.49 bits per heavy atom. The Morgan fingerprint density at radius 3 is 2.06 bits per heavy atom. The second-order valence-corrected chi connectivity index (χ2v) is 15.9. The molecule has 270 valence electrons. The maximum Gasteiger partial charge on any atom is 0.226 e. The molecule has 5 N–H and O–H groups in total. The van der Waals surface area contributed by atoms with Crippen molar-refractivity contribution in [1.29, 1.82) is 0 Å². The first kappa shape index (κ1) is 39.8. The molecular formula is C37H55N5O6S. The maximum atomic E-state index is 14.0. The van der Waals surface area contributed by atoms with E-state index in [-0.39, 0.29) is 73.5 Å². The Labute approximate surface area is 292 Å². The monoisotopic (exact) mass is 697 g/mol. The first-order valence-electron chi connectivity index (χ1n) is 17.4. The highest BCUT2D eigenvalue weighted by Crippen LogP contribution is 2.24. The molecule has 3 amide bonds. The summed E-state index contributed by atoms with van der Waals surface area (Å²) < 4.78 is 24.0. The number of unbranched alkanes of at least 4 members (excludes halogenated alkanes) is 1. The number of hydrogen-bond acceptors (Lipinski definition) is 8. The summed E-state index contributed by atoms with van der Waals surface area (Å²) in [6, 6.07) is 17.7. The number of nitrogens with one attached hydrogen (secondary N) is 1. The molecule has 0 bridgehead atoms. The number of benzene rings is 2. The predicted molar refractivity (Wildman–Crippen MR) is 192 cm³/mol. The number of carbonyl (C=O) groups is 4. The zero-order chi connectivity index (χ0) is 36.0. The Kier molecular flexibility index (Phi) is 15.9. The molecule has 1 aliphatic heterocycles. The molecule has 0 aromatic heterocycles. The number of hydrogen-bond donors (Lipinski definition) is 3. The third kappa shape index (κ3) is 12.7. The maximum absolute atomic E-state index is 14.0. The molecule has 0 spiro atoms. The molecule has 0 aliphatic carbocycles. The van der Waals surface area contributed by atoms with E-state index in [9.17, 15) is 27.6 Å². The van der Waals surface area contributed by atoms with E-state index in [1.54, 1.807) is 16.8 Å². The molecule has 1 fully saturated rings. The van der Waals surface area contributed by atoms with E-state index in [0.29, 0.717) is 38.6 Å². The number of rotatable bonds is 19. The lowest BCUT2D eigenvalue weighted by atomic mass is 9.88. The van der Waals surface area contributed by atoms with E-state index in [1.165, 1.54) is 0 Å². The van der Waals surface area contributed by atoms with Crippen LogP contribution in [0.3, 0.4) is 0 Å². The van der Waals surface area contributed by atoms with Gasteiger partial charge in [0.2, 0.25) is 17.7 Å². The van der Waals surface area contributed by atoms with Gasteiger partial charge in [-0.05, 0) is 49.3 Å². The molecule has 11 nitrogen and oxygen atoms in total. The van der Waals surface area contributed by atoms with Gasteiger partial charge in [0.15, 0.2) is 15.6 Å². The Balaban J connectivity index is 1.81. The Bertz CT molecular complexity index is 1460. The van der Waals surface area contributed by atoms with Crippen molar-refractivity contribution >= 4 is 33.3 Å². The van der Waals surface area contributed by atoms with Crippen molar-refractivity contribution in [2.75, 3.05) is 44.7 Å². The van der Waals surface area contributed by atoms with Gasteiger partial charge in [0.1, 0.15) is 0 Å². The highest BCUT2D eigenvalue weighted by atomic mass is 32.2. The molecule has 2 aromatic rings. The van der Waals surface area contributed by atoms with Crippen LogP contribution in [0.4, 0.5) is 0 Å². The van der Waals surface area contributed by atoms with Crippen LogP contribution in [-0.4, -0.2) is 92.5 Å². The lowest BCUT2D eigenvalue weighted by molar-refractivity contribution is -0.139. The third-order valence-corrected chi connectivity index (χ3v) is 10.9. The molecule has 1 saturated heterocycles. The van der Waals surface area contributed by atoms with E-state index in [4.69, 9.17) is 11.5 Å². The molecule has 0 saturated carbocycles. The van der Waals surface area contributed by atoms with E-state index < -0.39 is 33.6 Å². The molecule has 0 radical (unpaired) electrons. The number of ketones is 1. The van der Waals surface area contributed by atoms with Gasteiger partial charge in [-0.25, -0.2) is 8.42 Å². The first-order chi connectivity index (χ1) is 23.3. The normalized spacial score (nSPS) is 16.7. The number of nitrogens with two attached hydrogens (primary N) is 2. The molecule has 4 atom stereocenters. The average Bonchev–Trinajstić information content (AvgIpc) is 3.08. The standard InChI is InChI=1S/C37H55N5O6S/c1-27(2)22-32(34(43)24-30(16-10-11-17-38)37(46)42-18-20-49(47,48)21-19-42)40-36(45)31(23-28-12-6-4-7-13-28)25-35(44)41(3)33(26-39)29-14-8-5-9-15-29/h4-9,12-15,27,30-33H,10-11,16-26,38-39H2,1-3H3,(H,40,45)/t30-,31-,32+,33?/m0/s1. The molecule has 2 aromatic carbocycles. The molecular weight excluding hydrogens is 643 g/mol. The zero-order valence-electron chi connectivity index (χ0n) is 29.3.